The summed E-state index contributed by atoms with van der Waals surface area (Å²) in [7, 11) is 0. The first-order valence-corrected chi connectivity index (χ1v) is 7.27. The summed E-state index contributed by atoms with van der Waals surface area (Å²) in [5.74, 6) is 0.770. The van der Waals surface area contributed by atoms with E-state index in [9.17, 15) is 0 Å². The SMILES string of the molecule is Brc1cnc2c(OCC3CCCCO3)ccnc2c1. The monoisotopic (exact) mass is 322 g/mol. The van der Waals surface area contributed by atoms with Crippen LogP contribution in [0.15, 0.2) is 29.0 Å². The molecule has 4 nitrogen and oxygen atoms in total. The van der Waals surface area contributed by atoms with E-state index in [2.05, 4.69) is 25.9 Å². The van der Waals surface area contributed by atoms with Crippen LogP contribution >= 0.6 is 15.9 Å². The van der Waals surface area contributed by atoms with Gasteiger partial charge in [0.1, 0.15) is 17.9 Å². The molecule has 100 valence electrons. The number of pyridine rings is 2. The second-order valence-electron chi connectivity index (χ2n) is 4.63. The average Bonchev–Trinajstić information content (AvgIpc) is 2.45. The van der Waals surface area contributed by atoms with Crippen LogP contribution in [-0.4, -0.2) is 29.3 Å². The molecule has 0 aliphatic carbocycles. The number of aromatic nitrogens is 2. The van der Waals surface area contributed by atoms with Gasteiger partial charge >= 0.3 is 0 Å². The van der Waals surface area contributed by atoms with Crippen molar-refractivity contribution >= 4 is 27.0 Å². The normalized spacial score (nSPS) is 19.5. The van der Waals surface area contributed by atoms with Crippen LogP contribution in [0.25, 0.3) is 11.0 Å². The van der Waals surface area contributed by atoms with Crippen molar-refractivity contribution in [1.82, 2.24) is 9.97 Å². The van der Waals surface area contributed by atoms with E-state index in [-0.39, 0.29) is 6.10 Å². The van der Waals surface area contributed by atoms with Gasteiger partial charge in [0.25, 0.3) is 0 Å². The number of halogens is 1. The van der Waals surface area contributed by atoms with Gasteiger partial charge in [0.05, 0.1) is 11.6 Å². The highest BCUT2D eigenvalue weighted by Crippen LogP contribution is 2.24. The Balaban J connectivity index is 1.76. The maximum absolute atomic E-state index is 5.86. The third kappa shape index (κ3) is 3.04. The lowest BCUT2D eigenvalue weighted by molar-refractivity contribution is -0.0108. The summed E-state index contributed by atoms with van der Waals surface area (Å²) in [4.78, 5) is 8.66. The molecule has 0 N–H and O–H groups in total. The van der Waals surface area contributed by atoms with Crippen LogP contribution < -0.4 is 4.74 Å². The van der Waals surface area contributed by atoms with E-state index in [0.717, 1.165) is 40.7 Å². The van der Waals surface area contributed by atoms with Gasteiger partial charge in [-0.15, -0.1) is 0 Å². The molecule has 1 unspecified atom stereocenters. The standard InChI is InChI=1S/C14H15BrN2O2/c15-10-7-12-14(17-8-10)13(4-5-16-12)19-9-11-3-1-2-6-18-11/h4-5,7-8,11H,1-3,6,9H2. The smallest absolute Gasteiger partial charge is 0.148 e. The first-order valence-electron chi connectivity index (χ1n) is 6.47. The molecular formula is C14H15BrN2O2. The van der Waals surface area contributed by atoms with E-state index >= 15 is 0 Å². The van der Waals surface area contributed by atoms with Crippen molar-refractivity contribution in [3.8, 4) is 5.75 Å². The lowest BCUT2D eigenvalue weighted by Crippen LogP contribution is -2.25. The Morgan fingerprint density at radius 2 is 2.32 bits per heavy atom. The van der Waals surface area contributed by atoms with Crippen molar-refractivity contribution in [2.24, 2.45) is 0 Å². The minimum atomic E-state index is 0.201. The van der Waals surface area contributed by atoms with Crippen molar-refractivity contribution in [3.63, 3.8) is 0 Å². The van der Waals surface area contributed by atoms with Gasteiger partial charge in [-0.2, -0.15) is 0 Å². The number of ether oxygens (including phenoxy) is 2. The Morgan fingerprint density at radius 3 is 3.16 bits per heavy atom. The van der Waals surface area contributed by atoms with Gasteiger partial charge < -0.3 is 9.47 Å². The molecule has 3 heterocycles. The molecule has 5 heteroatoms. The molecule has 1 fully saturated rings. The molecule has 1 atom stereocenters. The van der Waals surface area contributed by atoms with E-state index in [1.54, 1.807) is 12.4 Å². The van der Waals surface area contributed by atoms with Gasteiger partial charge in [-0.25, -0.2) is 4.98 Å². The first-order chi connectivity index (χ1) is 9.33. The summed E-state index contributed by atoms with van der Waals surface area (Å²) < 4.78 is 12.4. The molecule has 3 rings (SSSR count). The van der Waals surface area contributed by atoms with Gasteiger partial charge in [0, 0.05) is 29.5 Å². The van der Waals surface area contributed by atoms with Gasteiger partial charge in [-0.05, 0) is 41.3 Å². The Bertz CT molecular complexity index is 570. The van der Waals surface area contributed by atoms with Crippen LogP contribution in [0.2, 0.25) is 0 Å². The zero-order chi connectivity index (χ0) is 13.1. The third-order valence-corrected chi connectivity index (χ3v) is 3.64. The third-order valence-electron chi connectivity index (χ3n) is 3.21. The molecule has 1 saturated heterocycles. The maximum Gasteiger partial charge on any atom is 0.148 e. The van der Waals surface area contributed by atoms with Gasteiger partial charge in [-0.1, -0.05) is 0 Å². The molecule has 0 amide bonds. The van der Waals surface area contributed by atoms with Crippen molar-refractivity contribution in [2.75, 3.05) is 13.2 Å². The van der Waals surface area contributed by atoms with Crippen LogP contribution in [0.1, 0.15) is 19.3 Å². The summed E-state index contributed by atoms with van der Waals surface area (Å²) in [6.07, 6.45) is 7.15. The minimum absolute atomic E-state index is 0.201. The molecular weight excluding hydrogens is 308 g/mol. The molecule has 0 bridgehead atoms. The molecule has 0 aromatic carbocycles. The molecule has 1 aliphatic rings. The average molecular weight is 323 g/mol. The van der Waals surface area contributed by atoms with E-state index in [1.165, 1.54) is 6.42 Å². The molecule has 2 aromatic heterocycles. The van der Waals surface area contributed by atoms with Gasteiger partial charge in [0.15, 0.2) is 0 Å². The fourth-order valence-corrected chi connectivity index (χ4v) is 2.54. The summed E-state index contributed by atoms with van der Waals surface area (Å²) in [5.41, 5.74) is 1.62. The lowest BCUT2D eigenvalue weighted by atomic mass is 10.1. The van der Waals surface area contributed by atoms with E-state index < -0.39 is 0 Å². The highest BCUT2D eigenvalue weighted by atomic mass is 79.9. The van der Waals surface area contributed by atoms with E-state index in [1.807, 2.05) is 12.1 Å². The maximum atomic E-state index is 5.86. The molecule has 1 aliphatic heterocycles. The molecule has 19 heavy (non-hydrogen) atoms. The fraction of sp³-hybridized carbons (Fsp3) is 0.429. The summed E-state index contributed by atoms with van der Waals surface area (Å²) in [5, 5.41) is 0. The Hall–Kier alpha value is -1.20. The zero-order valence-corrected chi connectivity index (χ0v) is 12.1. The van der Waals surface area contributed by atoms with Crippen LogP contribution in [0.5, 0.6) is 5.75 Å². The summed E-state index contributed by atoms with van der Waals surface area (Å²) in [6.45, 7) is 1.42. The Labute approximate surface area is 120 Å². The quantitative estimate of drug-likeness (QED) is 0.869. The van der Waals surface area contributed by atoms with Gasteiger partial charge in [0.2, 0.25) is 0 Å². The molecule has 0 radical (unpaired) electrons. The second kappa shape index (κ2) is 5.84. The number of fused-ring (bicyclic) bond motifs is 1. The largest absolute Gasteiger partial charge is 0.488 e. The predicted molar refractivity (Wildman–Crippen MR) is 76.3 cm³/mol. The zero-order valence-electron chi connectivity index (χ0n) is 10.5. The molecule has 2 aromatic rings. The molecule has 0 saturated carbocycles. The van der Waals surface area contributed by atoms with Crippen molar-refractivity contribution in [1.29, 1.82) is 0 Å². The Morgan fingerprint density at radius 1 is 1.37 bits per heavy atom. The fourth-order valence-electron chi connectivity index (χ4n) is 2.22. The van der Waals surface area contributed by atoms with Crippen molar-refractivity contribution < 1.29 is 9.47 Å². The van der Waals surface area contributed by atoms with Crippen molar-refractivity contribution in [3.05, 3.63) is 29.0 Å². The van der Waals surface area contributed by atoms with Crippen LogP contribution in [0.3, 0.4) is 0 Å². The highest BCUT2D eigenvalue weighted by molar-refractivity contribution is 9.10. The first kappa shape index (κ1) is 12.8. The highest BCUT2D eigenvalue weighted by Gasteiger charge is 2.15. The van der Waals surface area contributed by atoms with Crippen LogP contribution in [-0.2, 0) is 4.74 Å². The van der Waals surface area contributed by atoms with Crippen LogP contribution in [0.4, 0.5) is 0 Å². The van der Waals surface area contributed by atoms with Crippen molar-refractivity contribution in [2.45, 2.75) is 25.4 Å². The number of nitrogens with zero attached hydrogens (tertiary/aromatic N) is 2. The number of hydrogen-bond acceptors (Lipinski definition) is 4. The Kier molecular flexibility index (Phi) is 3.94. The summed E-state index contributed by atoms with van der Waals surface area (Å²) in [6, 6.07) is 3.79. The molecule has 0 spiro atoms. The van der Waals surface area contributed by atoms with E-state index in [4.69, 9.17) is 9.47 Å². The number of rotatable bonds is 3. The summed E-state index contributed by atoms with van der Waals surface area (Å²) >= 11 is 3.40. The second-order valence-corrected chi connectivity index (χ2v) is 5.55. The van der Waals surface area contributed by atoms with Crippen LogP contribution in [0, 0.1) is 0 Å². The van der Waals surface area contributed by atoms with E-state index in [0.29, 0.717) is 6.61 Å². The number of hydrogen-bond donors (Lipinski definition) is 0. The lowest BCUT2D eigenvalue weighted by Gasteiger charge is -2.22. The topological polar surface area (TPSA) is 44.2 Å². The van der Waals surface area contributed by atoms with Gasteiger partial charge in [-0.3, -0.25) is 4.98 Å². The minimum Gasteiger partial charge on any atom is -0.488 e. The predicted octanol–water partition coefficient (Wildman–Crippen LogP) is 3.34.